The fourth-order valence-electron chi connectivity index (χ4n) is 2.83. The molecule has 1 saturated heterocycles. The number of carboxylic acids is 1. The number of carbonyl (C=O) groups is 3. The molecular weight excluding hydrogens is 392 g/mol. The van der Waals surface area contributed by atoms with E-state index in [4.69, 9.17) is 6.52 Å². The van der Waals surface area contributed by atoms with Crippen molar-refractivity contribution in [2.24, 2.45) is 10.2 Å². The summed E-state index contributed by atoms with van der Waals surface area (Å²) < 4.78 is 7.32. The molecule has 9 heteroatoms. The lowest BCUT2D eigenvalue weighted by Gasteiger charge is -2.15. The number of aromatic carboxylic acids is 1. The summed E-state index contributed by atoms with van der Waals surface area (Å²) in [5, 5.41) is 19.7. The third-order valence-corrected chi connectivity index (χ3v) is 5.25. The van der Waals surface area contributed by atoms with Crippen molar-refractivity contribution in [1.82, 2.24) is 0 Å². The lowest BCUT2D eigenvalue weighted by atomic mass is 10.1. The fraction of sp³-hybridized carbons (Fsp3) is 0.200. The number of nitrogens with zero attached hydrogens (tertiary/aromatic N) is 3. The second kappa shape index (κ2) is 8.78. The first-order valence-electron chi connectivity index (χ1n) is 9.20. The topological polar surface area (TPSA) is 123 Å². The summed E-state index contributed by atoms with van der Waals surface area (Å²) in [6.07, 6.45) is -0.108. The van der Waals surface area contributed by atoms with E-state index >= 15 is 0 Å². The van der Waals surface area contributed by atoms with Crippen LogP contribution in [0.5, 0.6) is 0 Å². The number of hydrogen-bond donors (Lipinski definition) is 2. The Morgan fingerprint density at radius 1 is 1.28 bits per heavy atom. The zero-order valence-corrected chi connectivity index (χ0v) is 16.2. The predicted octanol–water partition coefficient (Wildman–Crippen LogP) is 3.90. The van der Waals surface area contributed by atoms with Gasteiger partial charge in [-0.05, 0) is 30.7 Å². The largest absolute Gasteiger partial charge is 0.478 e. The van der Waals surface area contributed by atoms with Crippen molar-refractivity contribution in [2.45, 2.75) is 24.6 Å². The van der Waals surface area contributed by atoms with Crippen LogP contribution in [0.1, 0.15) is 35.3 Å². The number of imide groups is 1. The number of benzene rings is 2. The molecular formula is C20H18N4O4S. The Hall–Kier alpha value is -3.33. The third kappa shape index (κ3) is 4.75. The van der Waals surface area contributed by atoms with Gasteiger partial charge in [-0.3, -0.25) is 15.0 Å². The third-order valence-electron chi connectivity index (χ3n) is 4.30. The molecule has 2 unspecified atom stereocenters. The number of carbonyl (C=O) groups excluding carboxylic acids is 2. The van der Waals surface area contributed by atoms with Crippen LogP contribution in [-0.2, 0) is 9.59 Å². The second-order valence-electron chi connectivity index (χ2n) is 6.32. The molecule has 1 heterocycles. The van der Waals surface area contributed by atoms with Gasteiger partial charge in [0.05, 0.1) is 17.3 Å². The lowest BCUT2D eigenvalue weighted by Crippen LogP contribution is -2.31. The predicted molar refractivity (Wildman–Crippen MR) is 109 cm³/mol. The Bertz CT molecular complexity index is 1030. The van der Waals surface area contributed by atoms with Crippen molar-refractivity contribution < 1.29 is 20.9 Å². The zero-order valence-electron chi connectivity index (χ0n) is 16.4. The summed E-state index contributed by atoms with van der Waals surface area (Å²) >= 11 is 0.884. The van der Waals surface area contributed by atoms with Crippen LogP contribution in [0, 0.1) is 5.40 Å². The minimum atomic E-state index is -1.15. The molecule has 0 spiro atoms. The van der Waals surface area contributed by atoms with E-state index in [-0.39, 0.29) is 28.9 Å². The van der Waals surface area contributed by atoms with Crippen molar-refractivity contribution in [2.75, 3.05) is 4.90 Å². The van der Waals surface area contributed by atoms with Crippen molar-refractivity contribution >= 4 is 40.4 Å². The summed E-state index contributed by atoms with van der Waals surface area (Å²) in [5.41, 5.74) is 1.10. The number of anilines is 1. The molecule has 2 aromatic rings. The highest BCUT2D eigenvalue weighted by atomic mass is 32.2. The van der Waals surface area contributed by atoms with Gasteiger partial charge < -0.3 is 5.11 Å². The van der Waals surface area contributed by atoms with Crippen LogP contribution in [0.25, 0.3) is 0 Å². The maximum Gasteiger partial charge on any atom is 0.335 e. The summed E-state index contributed by atoms with van der Waals surface area (Å²) in [7, 11) is 0. The van der Waals surface area contributed by atoms with Crippen molar-refractivity contribution in [1.29, 1.82) is 5.40 Å². The molecule has 1 aliphatic rings. The quantitative estimate of drug-likeness (QED) is 0.335. The number of thioether (sulfide) groups is 1. The van der Waals surface area contributed by atoms with E-state index in [1.165, 1.54) is 24.3 Å². The molecule has 0 radical (unpaired) electrons. The van der Waals surface area contributed by atoms with Crippen LogP contribution < -0.4 is 4.90 Å². The normalized spacial score (nSPS) is 18.9. The molecule has 0 bridgehead atoms. The van der Waals surface area contributed by atoms with Crippen LogP contribution >= 0.6 is 11.8 Å². The van der Waals surface area contributed by atoms with Gasteiger partial charge in [0.1, 0.15) is 5.25 Å². The Morgan fingerprint density at radius 2 is 2.03 bits per heavy atom. The Kier molecular flexibility index (Phi) is 5.76. The van der Waals surface area contributed by atoms with Gasteiger partial charge in [-0.25, -0.2) is 9.69 Å². The average molecular weight is 410 g/mol. The van der Waals surface area contributed by atoms with Crippen LogP contribution in [-0.4, -0.2) is 33.3 Å². The van der Waals surface area contributed by atoms with E-state index in [2.05, 4.69) is 15.6 Å². The Morgan fingerprint density at radius 3 is 2.72 bits per heavy atom. The molecule has 2 N–H and O–H groups in total. The van der Waals surface area contributed by atoms with Crippen LogP contribution in [0.15, 0.2) is 64.8 Å². The summed E-state index contributed by atoms with van der Waals surface area (Å²) in [5.74, 6) is -2.13. The number of carboxylic acid groups (broad SMARTS) is 1. The molecule has 1 aliphatic heterocycles. The van der Waals surface area contributed by atoms with E-state index in [9.17, 15) is 14.4 Å². The first-order chi connectivity index (χ1) is 14.4. The van der Waals surface area contributed by atoms with Crippen molar-refractivity contribution in [3.63, 3.8) is 0 Å². The van der Waals surface area contributed by atoms with Gasteiger partial charge in [0.25, 0.3) is 0 Å². The molecule has 0 aromatic heterocycles. The standard InChI is InChI=1S/C20H18N4O4S/c1-12(13-6-3-2-4-7-13)22-23-20(21)29-16-11-17(25)24(18(16)26)15-9-5-8-14(10-15)19(27)28/h2-10,12,16,21H,11H2,1H3,(H,27,28)/b21-20+,23-22+. The number of azo groups is 1. The van der Waals surface area contributed by atoms with E-state index in [0.29, 0.717) is 0 Å². The number of hydrogen-bond acceptors (Lipinski definition) is 6. The van der Waals surface area contributed by atoms with Gasteiger partial charge in [0.2, 0.25) is 17.0 Å². The van der Waals surface area contributed by atoms with Gasteiger partial charge in [-0.2, -0.15) is 5.11 Å². The number of nitrogens with one attached hydrogen (secondary N) is 1. The molecule has 29 heavy (non-hydrogen) atoms. The fourth-order valence-corrected chi connectivity index (χ4v) is 3.61. The Labute approximate surface area is 172 Å². The highest BCUT2D eigenvalue weighted by Crippen LogP contribution is 2.31. The van der Waals surface area contributed by atoms with Crippen LogP contribution in [0.4, 0.5) is 5.69 Å². The maximum absolute atomic E-state index is 12.8. The van der Waals surface area contributed by atoms with Crippen LogP contribution in [0.3, 0.4) is 0 Å². The summed E-state index contributed by atoms with van der Waals surface area (Å²) in [4.78, 5) is 37.3. The highest BCUT2D eigenvalue weighted by Gasteiger charge is 2.40. The van der Waals surface area contributed by atoms with Gasteiger partial charge in [-0.1, -0.05) is 48.2 Å². The monoisotopic (exact) mass is 410 g/mol. The van der Waals surface area contributed by atoms with E-state index < -0.39 is 23.0 Å². The number of rotatable bonds is 5. The first-order valence-corrected chi connectivity index (χ1v) is 9.63. The van der Waals surface area contributed by atoms with Gasteiger partial charge in [0, 0.05) is 6.42 Å². The van der Waals surface area contributed by atoms with Gasteiger partial charge in [0.15, 0.2) is 1.41 Å². The van der Waals surface area contributed by atoms with E-state index in [1.807, 2.05) is 37.3 Å². The molecule has 0 aliphatic carbocycles. The molecule has 2 atom stereocenters. The smallest absolute Gasteiger partial charge is 0.335 e. The highest BCUT2D eigenvalue weighted by molar-refractivity contribution is 8.14. The van der Waals surface area contributed by atoms with Crippen LogP contribution in [0.2, 0.25) is 1.41 Å². The maximum atomic E-state index is 12.8. The number of amidine groups is 1. The average Bonchev–Trinajstić information content (AvgIpc) is 3.04. The zero-order chi connectivity index (χ0) is 21.7. The molecule has 1 fully saturated rings. The minimum absolute atomic E-state index is 0.0266. The molecule has 3 rings (SSSR count). The number of amides is 2. The second-order valence-corrected chi connectivity index (χ2v) is 7.49. The van der Waals surface area contributed by atoms with Gasteiger partial charge in [-0.15, -0.1) is 5.11 Å². The lowest BCUT2D eigenvalue weighted by molar-refractivity contribution is -0.121. The van der Waals surface area contributed by atoms with E-state index in [1.54, 1.807) is 0 Å². The molecule has 0 saturated carbocycles. The molecule has 148 valence electrons. The minimum Gasteiger partial charge on any atom is -0.478 e. The molecule has 2 amide bonds. The van der Waals surface area contributed by atoms with Crippen molar-refractivity contribution in [3.8, 4) is 0 Å². The summed E-state index contributed by atoms with van der Waals surface area (Å²) in [6, 6.07) is 14.8. The summed E-state index contributed by atoms with van der Waals surface area (Å²) in [6.45, 7) is 1.84. The van der Waals surface area contributed by atoms with E-state index in [0.717, 1.165) is 22.2 Å². The van der Waals surface area contributed by atoms with Crippen molar-refractivity contribution in [3.05, 3.63) is 65.7 Å². The molecule has 2 aromatic carbocycles. The first kappa shape index (κ1) is 19.0. The molecule has 8 nitrogen and oxygen atoms in total. The Balaban J connectivity index is 1.71. The SMILES string of the molecule is [H]/N=C(\N=N\C(C)c1ccccc1)SC1CC(=O)N(c2cccc(C(=O)O)c2)C1=O. The van der Waals surface area contributed by atoms with Gasteiger partial charge >= 0.3 is 5.97 Å².